The second-order valence-corrected chi connectivity index (χ2v) is 7.82. The standard InChI is InChI=1S/C23H19N5O5/c1-33-23(32)13-4-2-5-14(10-13)28-12-18(25-26-28)15-6-3-7-16-17(15)11-27(22(16)31)19-8-9-20(29)24-21(19)30/h2-7,10,12,19H,8-9,11H2,1H3,(H,24,29,30). The first-order valence-electron chi connectivity index (χ1n) is 10.3. The molecule has 10 heteroatoms. The molecule has 0 radical (unpaired) electrons. The lowest BCUT2D eigenvalue weighted by atomic mass is 10.0. The maximum absolute atomic E-state index is 13.0. The summed E-state index contributed by atoms with van der Waals surface area (Å²) < 4.78 is 6.31. The summed E-state index contributed by atoms with van der Waals surface area (Å²) in [7, 11) is 1.32. The van der Waals surface area contributed by atoms with Gasteiger partial charge in [0.25, 0.3) is 5.91 Å². The molecule has 166 valence electrons. The van der Waals surface area contributed by atoms with Gasteiger partial charge in [-0.1, -0.05) is 23.4 Å². The lowest BCUT2D eigenvalue weighted by molar-refractivity contribution is -0.136. The highest BCUT2D eigenvalue weighted by molar-refractivity contribution is 6.06. The Morgan fingerprint density at radius 2 is 1.91 bits per heavy atom. The number of nitrogens with zero attached hydrogens (tertiary/aromatic N) is 4. The summed E-state index contributed by atoms with van der Waals surface area (Å²) in [5, 5.41) is 10.8. The largest absolute Gasteiger partial charge is 0.465 e. The number of hydrogen-bond acceptors (Lipinski definition) is 7. The van der Waals surface area contributed by atoms with Crippen molar-refractivity contribution in [3.8, 4) is 16.9 Å². The van der Waals surface area contributed by atoms with E-state index in [2.05, 4.69) is 15.6 Å². The van der Waals surface area contributed by atoms with Gasteiger partial charge in [-0.3, -0.25) is 19.7 Å². The minimum absolute atomic E-state index is 0.197. The van der Waals surface area contributed by atoms with E-state index in [1.54, 1.807) is 42.6 Å². The van der Waals surface area contributed by atoms with Gasteiger partial charge in [0.05, 0.1) is 24.6 Å². The zero-order chi connectivity index (χ0) is 23.1. The van der Waals surface area contributed by atoms with Gasteiger partial charge in [-0.15, -0.1) is 5.10 Å². The Labute approximate surface area is 188 Å². The molecule has 10 nitrogen and oxygen atoms in total. The predicted octanol–water partition coefficient (Wildman–Crippen LogP) is 1.48. The Kier molecular flexibility index (Phi) is 4.97. The van der Waals surface area contributed by atoms with Crippen molar-refractivity contribution >= 4 is 23.7 Å². The van der Waals surface area contributed by atoms with Crippen LogP contribution in [0.5, 0.6) is 0 Å². The van der Waals surface area contributed by atoms with Gasteiger partial charge in [-0.2, -0.15) is 0 Å². The van der Waals surface area contributed by atoms with Crippen LogP contribution >= 0.6 is 0 Å². The zero-order valence-electron chi connectivity index (χ0n) is 17.6. The van der Waals surface area contributed by atoms with Crippen LogP contribution < -0.4 is 5.32 Å². The molecule has 5 rings (SSSR count). The maximum Gasteiger partial charge on any atom is 0.337 e. The fourth-order valence-corrected chi connectivity index (χ4v) is 4.23. The minimum Gasteiger partial charge on any atom is -0.465 e. The Morgan fingerprint density at radius 1 is 1.12 bits per heavy atom. The Balaban J connectivity index is 1.46. The second-order valence-electron chi connectivity index (χ2n) is 7.82. The summed E-state index contributed by atoms with van der Waals surface area (Å²) in [5.74, 6) is -1.48. The lowest BCUT2D eigenvalue weighted by Crippen LogP contribution is -2.52. The highest BCUT2D eigenvalue weighted by Crippen LogP contribution is 2.34. The third-order valence-corrected chi connectivity index (χ3v) is 5.88. The molecule has 0 aliphatic carbocycles. The van der Waals surface area contributed by atoms with Crippen molar-refractivity contribution in [2.24, 2.45) is 0 Å². The van der Waals surface area contributed by atoms with E-state index in [9.17, 15) is 19.2 Å². The number of carbonyl (C=O) groups is 4. The Morgan fingerprint density at radius 3 is 2.70 bits per heavy atom. The number of aromatic nitrogens is 3. The molecule has 0 spiro atoms. The number of rotatable bonds is 4. The van der Waals surface area contributed by atoms with Crippen LogP contribution in [-0.4, -0.2) is 56.7 Å². The molecule has 2 aromatic carbocycles. The fraction of sp³-hybridized carbons (Fsp3) is 0.217. The molecule has 0 bridgehead atoms. The van der Waals surface area contributed by atoms with E-state index in [0.29, 0.717) is 28.9 Å². The number of amides is 3. The topological polar surface area (TPSA) is 123 Å². The van der Waals surface area contributed by atoms with Crippen LogP contribution in [0.25, 0.3) is 16.9 Å². The molecule has 3 heterocycles. The molecule has 3 aromatic rings. The quantitative estimate of drug-likeness (QED) is 0.477. The van der Waals surface area contributed by atoms with Crippen molar-refractivity contribution in [2.45, 2.75) is 25.4 Å². The molecule has 1 N–H and O–H groups in total. The summed E-state index contributed by atoms with van der Waals surface area (Å²) in [5.41, 5.74) is 3.55. The average Bonchev–Trinajstić information content (AvgIpc) is 3.44. The molecule has 1 fully saturated rings. The number of carbonyl (C=O) groups excluding carboxylic acids is 4. The van der Waals surface area contributed by atoms with Gasteiger partial charge >= 0.3 is 5.97 Å². The molecular formula is C23H19N5O5. The van der Waals surface area contributed by atoms with Crippen molar-refractivity contribution in [3.63, 3.8) is 0 Å². The molecular weight excluding hydrogens is 426 g/mol. The van der Waals surface area contributed by atoms with Crippen molar-refractivity contribution in [2.75, 3.05) is 7.11 Å². The maximum atomic E-state index is 13.0. The highest BCUT2D eigenvalue weighted by atomic mass is 16.5. The van der Waals surface area contributed by atoms with Crippen molar-refractivity contribution < 1.29 is 23.9 Å². The molecule has 1 unspecified atom stereocenters. The van der Waals surface area contributed by atoms with E-state index in [4.69, 9.17) is 4.74 Å². The first-order valence-corrected chi connectivity index (χ1v) is 10.3. The molecule has 1 atom stereocenters. The van der Waals surface area contributed by atoms with Crippen molar-refractivity contribution in [1.29, 1.82) is 0 Å². The smallest absolute Gasteiger partial charge is 0.337 e. The summed E-state index contributed by atoms with van der Waals surface area (Å²) in [6, 6.07) is 11.4. The summed E-state index contributed by atoms with van der Waals surface area (Å²) in [4.78, 5) is 50.2. The van der Waals surface area contributed by atoms with Gasteiger partial charge in [0, 0.05) is 24.1 Å². The van der Waals surface area contributed by atoms with Crippen LogP contribution in [-0.2, 0) is 20.9 Å². The SMILES string of the molecule is COC(=O)c1cccc(-n2cc(-c3cccc4c3CN(C3CCC(=O)NC3=O)C4=O)nn2)c1. The average molecular weight is 445 g/mol. The first kappa shape index (κ1) is 20.6. The Hall–Kier alpha value is -4.34. The monoisotopic (exact) mass is 445 g/mol. The van der Waals surface area contributed by atoms with Crippen LogP contribution in [0.2, 0.25) is 0 Å². The van der Waals surface area contributed by atoms with Crippen LogP contribution in [0, 0.1) is 0 Å². The number of nitrogens with one attached hydrogen (secondary N) is 1. The van der Waals surface area contributed by atoms with Crippen LogP contribution in [0.3, 0.4) is 0 Å². The molecule has 1 saturated heterocycles. The highest BCUT2D eigenvalue weighted by Gasteiger charge is 2.40. The lowest BCUT2D eigenvalue weighted by Gasteiger charge is -2.29. The summed E-state index contributed by atoms with van der Waals surface area (Å²) in [6.45, 7) is 0.237. The van der Waals surface area contributed by atoms with Gasteiger partial charge < -0.3 is 9.64 Å². The van der Waals surface area contributed by atoms with E-state index in [1.807, 2.05) is 6.07 Å². The molecule has 2 aliphatic heterocycles. The van der Waals surface area contributed by atoms with Crippen molar-refractivity contribution in [3.05, 3.63) is 65.4 Å². The normalized spacial score (nSPS) is 17.7. The number of fused-ring (bicyclic) bond motifs is 1. The second kappa shape index (κ2) is 7.97. The molecule has 1 aromatic heterocycles. The number of esters is 1. The van der Waals surface area contributed by atoms with E-state index in [0.717, 1.165) is 11.1 Å². The van der Waals surface area contributed by atoms with E-state index in [1.165, 1.54) is 16.7 Å². The van der Waals surface area contributed by atoms with E-state index >= 15 is 0 Å². The van der Waals surface area contributed by atoms with E-state index in [-0.39, 0.29) is 24.8 Å². The third-order valence-electron chi connectivity index (χ3n) is 5.88. The summed E-state index contributed by atoms with van der Waals surface area (Å²) in [6.07, 6.45) is 2.21. The number of hydrogen-bond donors (Lipinski definition) is 1. The number of ether oxygens (including phenoxy) is 1. The number of benzene rings is 2. The molecule has 2 aliphatic rings. The fourth-order valence-electron chi connectivity index (χ4n) is 4.23. The molecule has 33 heavy (non-hydrogen) atoms. The predicted molar refractivity (Wildman–Crippen MR) is 114 cm³/mol. The third kappa shape index (κ3) is 3.55. The number of piperidine rings is 1. The van der Waals surface area contributed by atoms with Gasteiger partial charge in [-0.05, 0) is 36.2 Å². The molecule has 0 saturated carbocycles. The van der Waals surface area contributed by atoms with Crippen LogP contribution in [0.15, 0.2) is 48.7 Å². The first-order chi connectivity index (χ1) is 16.0. The molecule has 3 amide bonds. The van der Waals surface area contributed by atoms with Crippen LogP contribution in [0.1, 0.15) is 39.1 Å². The van der Waals surface area contributed by atoms with Gasteiger partial charge in [0.15, 0.2) is 0 Å². The van der Waals surface area contributed by atoms with Gasteiger partial charge in [0.2, 0.25) is 11.8 Å². The number of methoxy groups -OCH3 is 1. The summed E-state index contributed by atoms with van der Waals surface area (Å²) >= 11 is 0. The zero-order valence-corrected chi connectivity index (χ0v) is 17.6. The Bertz CT molecular complexity index is 1310. The van der Waals surface area contributed by atoms with Gasteiger partial charge in [-0.25, -0.2) is 9.48 Å². The van der Waals surface area contributed by atoms with Crippen molar-refractivity contribution in [1.82, 2.24) is 25.2 Å². The minimum atomic E-state index is -0.688. The van der Waals surface area contributed by atoms with E-state index < -0.39 is 17.9 Å². The number of imide groups is 1. The van der Waals surface area contributed by atoms with Gasteiger partial charge in [0.1, 0.15) is 11.7 Å². The van der Waals surface area contributed by atoms with Crippen LogP contribution in [0.4, 0.5) is 0 Å².